The molecule has 0 amide bonds. The Balaban J connectivity index is 0.000000198. The van der Waals surface area contributed by atoms with Crippen LogP contribution in [0.2, 0.25) is 10.0 Å². The summed E-state index contributed by atoms with van der Waals surface area (Å²) in [4.78, 5) is 5.38. The average Bonchev–Trinajstić information content (AvgIpc) is 3.15. The van der Waals surface area contributed by atoms with E-state index in [1.54, 1.807) is 12.1 Å². The zero-order valence-electron chi connectivity index (χ0n) is 29.0. The van der Waals surface area contributed by atoms with Gasteiger partial charge in [-0.15, -0.1) is 0 Å². The summed E-state index contributed by atoms with van der Waals surface area (Å²) in [7, 11) is 0. The number of nitrogens with zero attached hydrogens (tertiary/aromatic N) is 1. The minimum absolute atomic E-state index is 0.0932. The smallest absolute Gasteiger partial charge is 0.126 e. The Kier molecular flexibility index (Phi) is 15.3. The second kappa shape index (κ2) is 20.1. The number of amidine groups is 1. The van der Waals surface area contributed by atoms with Gasteiger partial charge in [-0.1, -0.05) is 96.1 Å². The van der Waals surface area contributed by atoms with E-state index in [1.807, 2.05) is 60.7 Å². The van der Waals surface area contributed by atoms with Crippen LogP contribution in [0.15, 0.2) is 102 Å². The maximum atomic E-state index is 9.43. The summed E-state index contributed by atoms with van der Waals surface area (Å²) in [6.45, 7) is 0.208. The summed E-state index contributed by atoms with van der Waals surface area (Å²) in [5.74, 6) is 2.98. The van der Waals surface area contributed by atoms with E-state index in [9.17, 15) is 5.21 Å². The van der Waals surface area contributed by atoms with E-state index in [-0.39, 0.29) is 13.2 Å². The Morgan fingerprint density at radius 2 is 1.14 bits per heavy atom. The molecule has 0 unspecified atom stereocenters. The van der Waals surface area contributed by atoms with E-state index in [4.69, 9.17) is 45.6 Å². The zero-order chi connectivity index (χ0) is 36.0. The number of nitrogens with one attached hydrogen (secondary N) is 2. The minimum Gasteiger partial charge on any atom is -0.392 e. The van der Waals surface area contributed by atoms with E-state index < -0.39 is 0 Å². The molecular weight excluding hydrogens is 697 g/mol. The van der Waals surface area contributed by atoms with Crippen LogP contribution in [0.25, 0.3) is 0 Å². The average molecular weight is 747 g/mol. The third-order valence-corrected chi connectivity index (χ3v) is 11.0. The summed E-state index contributed by atoms with van der Waals surface area (Å²) in [5, 5.41) is 32.4. The number of thiocarbonyl (C=S) groups is 1. The van der Waals surface area contributed by atoms with Crippen molar-refractivity contribution in [1.82, 2.24) is 5.48 Å². The second-order valence-corrected chi connectivity index (χ2v) is 15.2. The van der Waals surface area contributed by atoms with Crippen molar-refractivity contribution in [3.8, 4) is 0 Å². The Bertz CT molecular complexity index is 1700. The lowest BCUT2D eigenvalue weighted by atomic mass is 9.77. The Labute approximate surface area is 317 Å². The van der Waals surface area contributed by atoms with Gasteiger partial charge in [-0.25, -0.2) is 4.99 Å². The first kappa shape index (κ1) is 38.9. The van der Waals surface area contributed by atoms with Crippen molar-refractivity contribution in [3.63, 3.8) is 0 Å². The molecule has 4 aromatic rings. The number of hydrogen-bond acceptors (Lipinski definition) is 5. The van der Waals surface area contributed by atoms with Gasteiger partial charge in [0.05, 0.1) is 23.9 Å². The highest BCUT2D eigenvalue weighted by atomic mass is 35.5. The van der Waals surface area contributed by atoms with E-state index >= 15 is 0 Å². The second-order valence-electron chi connectivity index (χ2n) is 13.9. The SMILES string of the molecule is OCc1ccc(C2CCC(CC(=Nc3cccc(Cl)c3)NO)CC2)cc1.OCc1ccc(C2CCC(CC(=S)Nc3cccc(Cl)c3)CC2)cc1. The lowest BCUT2D eigenvalue weighted by Gasteiger charge is -2.29. The molecule has 2 saturated carbocycles. The molecule has 0 heterocycles. The highest BCUT2D eigenvalue weighted by Crippen LogP contribution is 2.38. The summed E-state index contributed by atoms with van der Waals surface area (Å²) < 4.78 is 0. The monoisotopic (exact) mass is 745 g/mol. The summed E-state index contributed by atoms with van der Waals surface area (Å²) in [6, 6.07) is 31.7. The van der Waals surface area contributed by atoms with Gasteiger partial charge < -0.3 is 15.5 Å². The van der Waals surface area contributed by atoms with Crippen molar-refractivity contribution in [3.05, 3.63) is 129 Å². The van der Waals surface area contributed by atoms with Crippen molar-refractivity contribution in [2.75, 3.05) is 5.32 Å². The van der Waals surface area contributed by atoms with Crippen molar-refractivity contribution >= 4 is 57.6 Å². The molecule has 2 aliphatic carbocycles. The normalized spacial score (nSPS) is 20.5. The van der Waals surface area contributed by atoms with Gasteiger partial charge in [-0.05, 0) is 134 Å². The third kappa shape index (κ3) is 12.4. The van der Waals surface area contributed by atoms with Gasteiger partial charge in [0.25, 0.3) is 0 Å². The molecule has 0 saturated heterocycles. The van der Waals surface area contributed by atoms with E-state index in [2.05, 4.69) is 40.1 Å². The summed E-state index contributed by atoms with van der Waals surface area (Å²) in [5.41, 5.74) is 8.66. The molecule has 0 aliphatic heterocycles. The Morgan fingerprint density at radius 3 is 1.61 bits per heavy atom. The largest absolute Gasteiger partial charge is 0.392 e. The van der Waals surface area contributed by atoms with Crippen LogP contribution in [0, 0.1) is 11.8 Å². The minimum atomic E-state index is 0.0932. The molecule has 270 valence electrons. The molecular formula is C42H49Cl2N3O3S. The number of anilines is 1. The predicted octanol–water partition coefficient (Wildman–Crippen LogP) is 11.1. The van der Waals surface area contributed by atoms with Crippen LogP contribution < -0.4 is 10.8 Å². The quantitative estimate of drug-likeness (QED) is 0.0480. The van der Waals surface area contributed by atoms with Crippen LogP contribution in [-0.2, 0) is 13.2 Å². The molecule has 6 nitrogen and oxygen atoms in total. The number of benzene rings is 4. The number of hydrogen-bond donors (Lipinski definition) is 5. The highest BCUT2D eigenvalue weighted by Gasteiger charge is 2.24. The number of rotatable bonds is 10. The predicted molar refractivity (Wildman–Crippen MR) is 215 cm³/mol. The van der Waals surface area contributed by atoms with Crippen molar-refractivity contribution in [2.45, 2.75) is 89.3 Å². The number of aliphatic imine (C=N–C) groups is 1. The zero-order valence-corrected chi connectivity index (χ0v) is 31.3. The van der Waals surface area contributed by atoms with Crippen LogP contribution in [0.4, 0.5) is 11.4 Å². The number of aliphatic hydroxyl groups is 2. The van der Waals surface area contributed by atoms with E-state index in [1.165, 1.54) is 36.8 Å². The van der Waals surface area contributed by atoms with Gasteiger partial charge >= 0.3 is 0 Å². The van der Waals surface area contributed by atoms with Crippen LogP contribution in [-0.4, -0.2) is 26.2 Å². The maximum Gasteiger partial charge on any atom is 0.126 e. The molecule has 0 radical (unpaired) electrons. The fourth-order valence-electron chi connectivity index (χ4n) is 7.32. The molecule has 0 aromatic heterocycles. The molecule has 51 heavy (non-hydrogen) atoms. The first-order valence-corrected chi connectivity index (χ1v) is 19.2. The lowest BCUT2D eigenvalue weighted by Crippen LogP contribution is -2.24. The standard InChI is InChI=1S/C21H25ClN2O2.C21H24ClNOS/c22-19-2-1-3-20(13-19)23-21(24-26)12-15-4-8-17(9-5-15)18-10-6-16(14-25)7-11-18;22-19-2-1-3-20(13-19)23-21(25)12-15-4-8-17(9-5-15)18-10-6-16(14-24)7-11-18/h1-3,6-7,10-11,13,15,17,25-26H,4-5,8-9,12,14H2,(H,23,24);1-3,6-7,10-11,13,15,17,24H,4-5,8-9,12,14H2,(H,23,25). The van der Waals surface area contributed by atoms with Gasteiger partial charge in [-0.3, -0.25) is 10.7 Å². The molecule has 2 fully saturated rings. The molecule has 0 spiro atoms. The topological polar surface area (TPSA) is 97.1 Å². The van der Waals surface area contributed by atoms with E-state index in [0.717, 1.165) is 71.0 Å². The number of halogens is 2. The van der Waals surface area contributed by atoms with Crippen LogP contribution in [0.3, 0.4) is 0 Å². The fraction of sp³-hybridized carbons (Fsp3) is 0.381. The molecule has 6 rings (SSSR count). The molecule has 0 atom stereocenters. The van der Waals surface area contributed by atoms with E-state index in [0.29, 0.717) is 34.5 Å². The van der Waals surface area contributed by atoms with Crippen molar-refractivity contribution < 1.29 is 15.4 Å². The number of aliphatic hydroxyl groups excluding tert-OH is 2. The van der Waals surface area contributed by atoms with Gasteiger partial charge in [0.15, 0.2) is 0 Å². The Morgan fingerprint density at radius 1 is 0.647 bits per heavy atom. The number of hydroxylamine groups is 1. The van der Waals surface area contributed by atoms with Crippen LogP contribution in [0.5, 0.6) is 0 Å². The molecule has 0 bridgehead atoms. The summed E-state index contributed by atoms with van der Waals surface area (Å²) in [6.07, 6.45) is 11.0. The van der Waals surface area contributed by atoms with Crippen molar-refractivity contribution in [1.29, 1.82) is 0 Å². The fourth-order valence-corrected chi connectivity index (χ4v) is 8.05. The van der Waals surface area contributed by atoms with Crippen molar-refractivity contribution in [2.24, 2.45) is 16.8 Å². The Hall–Kier alpha value is -3.30. The molecule has 4 aromatic carbocycles. The van der Waals surface area contributed by atoms with Gasteiger partial charge in [0.1, 0.15) is 5.84 Å². The van der Waals surface area contributed by atoms with Crippen LogP contribution in [0.1, 0.15) is 98.3 Å². The molecule has 5 N–H and O–H groups in total. The molecule has 9 heteroatoms. The third-order valence-electron chi connectivity index (χ3n) is 10.2. The molecule has 2 aliphatic rings. The first-order valence-electron chi connectivity index (χ1n) is 18.0. The van der Waals surface area contributed by atoms with Gasteiger partial charge in [0.2, 0.25) is 0 Å². The first-order chi connectivity index (χ1) is 24.8. The highest BCUT2D eigenvalue weighted by molar-refractivity contribution is 7.80. The summed E-state index contributed by atoms with van der Waals surface area (Å²) >= 11 is 17.5. The lowest BCUT2D eigenvalue weighted by molar-refractivity contribution is 0.226. The maximum absolute atomic E-state index is 9.43. The van der Waals surface area contributed by atoms with Gasteiger partial charge in [-0.2, -0.15) is 0 Å². The van der Waals surface area contributed by atoms with Crippen LogP contribution >= 0.6 is 35.4 Å². The van der Waals surface area contributed by atoms with Gasteiger partial charge in [0, 0.05) is 28.6 Å².